The molecular weight excluding hydrogens is 290 g/mol. The summed E-state index contributed by atoms with van der Waals surface area (Å²) >= 11 is 0. The molecule has 0 saturated carbocycles. The monoisotopic (exact) mass is 307 g/mol. The number of carbonyl (C=O) groups is 1. The molecule has 2 aromatic carbocycles. The van der Waals surface area contributed by atoms with E-state index >= 15 is 0 Å². The fraction of sp³-hybridized carbons (Fsp3) is 0.105. The predicted molar refractivity (Wildman–Crippen MR) is 89.6 cm³/mol. The van der Waals surface area contributed by atoms with Gasteiger partial charge in [0, 0.05) is 11.3 Å². The van der Waals surface area contributed by atoms with E-state index in [0.29, 0.717) is 5.69 Å². The first-order valence-corrected chi connectivity index (χ1v) is 7.24. The summed E-state index contributed by atoms with van der Waals surface area (Å²) in [6, 6.07) is 19.4. The van der Waals surface area contributed by atoms with E-state index in [9.17, 15) is 4.79 Å². The number of methoxy groups -OCH3 is 2. The van der Waals surface area contributed by atoms with Crippen molar-refractivity contribution < 1.29 is 14.3 Å². The van der Waals surface area contributed by atoms with Gasteiger partial charge < -0.3 is 14.5 Å². The van der Waals surface area contributed by atoms with Crippen LogP contribution in [0.4, 0.5) is 0 Å². The van der Waals surface area contributed by atoms with Crippen LogP contribution in [0.1, 0.15) is 10.5 Å². The Morgan fingerprint density at radius 2 is 1.61 bits per heavy atom. The van der Waals surface area contributed by atoms with Gasteiger partial charge in [0.2, 0.25) is 0 Å². The summed E-state index contributed by atoms with van der Waals surface area (Å²) in [5.41, 5.74) is 4.05. The molecule has 0 aliphatic carbocycles. The first-order chi connectivity index (χ1) is 11.2. The first-order valence-electron chi connectivity index (χ1n) is 7.24. The van der Waals surface area contributed by atoms with Crippen molar-refractivity contribution >= 4 is 5.97 Å². The summed E-state index contributed by atoms with van der Waals surface area (Å²) < 4.78 is 10.1. The maximum Gasteiger partial charge on any atom is 0.355 e. The van der Waals surface area contributed by atoms with Crippen LogP contribution in [0.15, 0.2) is 60.7 Å². The fourth-order valence-corrected chi connectivity index (χ4v) is 2.49. The summed E-state index contributed by atoms with van der Waals surface area (Å²) in [5.74, 6) is 0.380. The molecule has 4 heteroatoms. The van der Waals surface area contributed by atoms with Crippen molar-refractivity contribution in [3.05, 3.63) is 66.4 Å². The molecule has 0 spiro atoms. The number of aromatic amines is 1. The maximum absolute atomic E-state index is 12.1. The molecular formula is C19H17NO3. The van der Waals surface area contributed by atoms with Gasteiger partial charge >= 0.3 is 5.97 Å². The lowest BCUT2D eigenvalue weighted by molar-refractivity contribution is 0.0596. The third-order valence-corrected chi connectivity index (χ3v) is 3.69. The van der Waals surface area contributed by atoms with Crippen molar-refractivity contribution in [1.82, 2.24) is 4.98 Å². The number of aromatic nitrogens is 1. The molecule has 0 fully saturated rings. The van der Waals surface area contributed by atoms with Crippen LogP contribution in [0.5, 0.6) is 5.75 Å². The molecule has 1 N–H and O–H groups in total. The van der Waals surface area contributed by atoms with Crippen molar-refractivity contribution in [1.29, 1.82) is 0 Å². The fourth-order valence-electron chi connectivity index (χ4n) is 2.49. The van der Waals surface area contributed by atoms with Crippen LogP contribution in [-0.2, 0) is 4.74 Å². The van der Waals surface area contributed by atoms with E-state index in [1.165, 1.54) is 7.11 Å². The van der Waals surface area contributed by atoms with Gasteiger partial charge in [-0.2, -0.15) is 0 Å². The molecule has 0 aliphatic heterocycles. The van der Waals surface area contributed by atoms with Crippen molar-refractivity contribution in [2.75, 3.05) is 14.2 Å². The van der Waals surface area contributed by atoms with Crippen molar-refractivity contribution in [2.24, 2.45) is 0 Å². The second kappa shape index (κ2) is 6.40. The lowest BCUT2D eigenvalue weighted by Crippen LogP contribution is -2.03. The second-order valence-electron chi connectivity index (χ2n) is 5.06. The molecule has 116 valence electrons. The first kappa shape index (κ1) is 14.9. The molecule has 0 atom stereocenters. The van der Waals surface area contributed by atoms with E-state index in [1.54, 1.807) is 7.11 Å². The number of esters is 1. The van der Waals surface area contributed by atoms with E-state index < -0.39 is 5.97 Å². The van der Waals surface area contributed by atoms with Crippen molar-refractivity contribution in [3.63, 3.8) is 0 Å². The van der Waals surface area contributed by atoms with Crippen LogP contribution < -0.4 is 4.74 Å². The lowest BCUT2D eigenvalue weighted by Gasteiger charge is -2.04. The van der Waals surface area contributed by atoms with Crippen LogP contribution in [0.3, 0.4) is 0 Å². The molecule has 0 saturated heterocycles. The third kappa shape index (κ3) is 2.97. The summed E-state index contributed by atoms with van der Waals surface area (Å²) in [6.07, 6.45) is 0. The normalized spacial score (nSPS) is 10.3. The molecule has 0 aliphatic rings. The Hall–Kier alpha value is -3.01. The van der Waals surface area contributed by atoms with Gasteiger partial charge in [-0.25, -0.2) is 4.79 Å². The van der Waals surface area contributed by atoms with Crippen LogP contribution in [0, 0.1) is 0 Å². The van der Waals surface area contributed by atoms with Gasteiger partial charge in [-0.3, -0.25) is 0 Å². The molecule has 23 heavy (non-hydrogen) atoms. The zero-order chi connectivity index (χ0) is 16.2. The predicted octanol–water partition coefficient (Wildman–Crippen LogP) is 4.14. The second-order valence-corrected chi connectivity index (χ2v) is 5.06. The highest BCUT2D eigenvalue weighted by molar-refractivity contribution is 5.97. The molecule has 4 nitrogen and oxygen atoms in total. The minimum absolute atomic E-state index is 0.391. The van der Waals surface area contributed by atoms with Gasteiger partial charge in [0.1, 0.15) is 11.4 Å². The Labute approximate surface area is 134 Å². The number of hydrogen-bond donors (Lipinski definition) is 1. The molecule has 0 unspecified atom stereocenters. The molecule has 1 aromatic heterocycles. The number of nitrogens with one attached hydrogen (secondary N) is 1. The highest BCUT2D eigenvalue weighted by Gasteiger charge is 2.18. The van der Waals surface area contributed by atoms with Crippen molar-refractivity contribution in [3.8, 4) is 28.1 Å². The number of H-pyrrole nitrogens is 1. The molecule has 0 bridgehead atoms. The minimum atomic E-state index is -0.391. The minimum Gasteiger partial charge on any atom is -0.497 e. The highest BCUT2D eigenvalue weighted by atomic mass is 16.5. The van der Waals surface area contributed by atoms with Crippen LogP contribution in [0.2, 0.25) is 0 Å². The van der Waals surface area contributed by atoms with Gasteiger partial charge in [0.25, 0.3) is 0 Å². The Morgan fingerprint density at radius 3 is 2.22 bits per heavy atom. The average Bonchev–Trinajstić information content (AvgIpc) is 3.07. The zero-order valence-corrected chi connectivity index (χ0v) is 13.0. The molecule has 3 rings (SSSR count). The van der Waals surface area contributed by atoms with E-state index in [1.807, 2.05) is 60.7 Å². The van der Waals surface area contributed by atoms with Gasteiger partial charge in [0.05, 0.1) is 14.2 Å². The number of ether oxygens (including phenoxy) is 2. The topological polar surface area (TPSA) is 51.3 Å². The van der Waals surface area contributed by atoms with Crippen molar-refractivity contribution in [2.45, 2.75) is 0 Å². The van der Waals surface area contributed by atoms with Gasteiger partial charge in [0.15, 0.2) is 0 Å². The zero-order valence-electron chi connectivity index (χ0n) is 13.0. The molecule has 3 aromatic rings. The van der Waals surface area contributed by atoms with E-state index in [-0.39, 0.29) is 0 Å². The smallest absolute Gasteiger partial charge is 0.355 e. The van der Waals surface area contributed by atoms with Crippen LogP contribution in [0.25, 0.3) is 22.4 Å². The summed E-state index contributed by atoms with van der Waals surface area (Å²) in [4.78, 5) is 15.3. The van der Waals surface area contributed by atoms with E-state index in [0.717, 1.165) is 28.1 Å². The number of rotatable bonds is 4. The highest BCUT2D eigenvalue weighted by Crippen LogP contribution is 2.31. The Kier molecular flexibility index (Phi) is 4.15. The summed E-state index contributed by atoms with van der Waals surface area (Å²) in [6.45, 7) is 0. The molecule has 0 amide bonds. The summed E-state index contributed by atoms with van der Waals surface area (Å²) in [5, 5.41) is 0. The molecule has 0 radical (unpaired) electrons. The van der Waals surface area contributed by atoms with Crippen LogP contribution >= 0.6 is 0 Å². The van der Waals surface area contributed by atoms with E-state index in [4.69, 9.17) is 9.47 Å². The third-order valence-electron chi connectivity index (χ3n) is 3.69. The Morgan fingerprint density at radius 1 is 0.913 bits per heavy atom. The molecule has 1 heterocycles. The Balaban J connectivity index is 2.10. The number of carbonyl (C=O) groups excluding carboxylic acids is 1. The summed E-state index contributed by atoms with van der Waals surface area (Å²) in [7, 11) is 3.00. The van der Waals surface area contributed by atoms with Gasteiger partial charge in [-0.05, 0) is 29.3 Å². The average molecular weight is 307 g/mol. The number of benzene rings is 2. The standard InChI is InChI=1S/C19H17NO3/c1-22-15-10-8-13(9-11-15)16-12-17(14-6-4-3-5-7-14)20-18(16)19(21)23-2/h3-12,20H,1-2H3. The SMILES string of the molecule is COC(=O)c1[nH]c(-c2ccccc2)cc1-c1ccc(OC)cc1. The van der Waals surface area contributed by atoms with Gasteiger partial charge in [-0.15, -0.1) is 0 Å². The Bertz CT molecular complexity index is 804. The lowest BCUT2D eigenvalue weighted by atomic mass is 10.0. The quantitative estimate of drug-likeness (QED) is 0.737. The number of hydrogen-bond acceptors (Lipinski definition) is 3. The van der Waals surface area contributed by atoms with E-state index in [2.05, 4.69) is 4.98 Å². The maximum atomic E-state index is 12.1. The largest absolute Gasteiger partial charge is 0.497 e. The van der Waals surface area contributed by atoms with Crippen LogP contribution in [-0.4, -0.2) is 25.2 Å². The van der Waals surface area contributed by atoms with Gasteiger partial charge in [-0.1, -0.05) is 42.5 Å².